The van der Waals surface area contributed by atoms with Crippen LogP contribution in [-0.2, 0) is 14.3 Å². The highest BCUT2D eigenvalue weighted by Crippen LogP contribution is 2.31. The molecule has 1 rings (SSSR count). The van der Waals surface area contributed by atoms with Crippen molar-refractivity contribution in [3.8, 4) is 6.07 Å². The molecule has 0 aromatic carbocycles. The van der Waals surface area contributed by atoms with Crippen molar-refractivity contribution < 1.29 is 19.1 Å². The van der Waals surface area contributed by atoms with E-state index in [1.807, 2.05) is 6.07 Å². The third-order valence-corrected chi connectivity index (χ3v) is 3.14. The maximum Gasteiger partial charge on any atom is 0.411 e. The molecule has 1 aliphatic heterocycles. The van der Waals surface area contributed by atoms with E-state index in [1.54, 1.807) is 27.7 Å². The van der Waals surface area contributed by atoms with E-state index in [0.717, 1.165) is 6.42 Å². The fraction of sp³-hybridized carbons (Fsp3) is 0.786. The number of nitriles is 1. The molecule has 0 bridgehead atoms. The predicted molar refractivity (Wildman–Crippen MR) is 71.8 cm³/mol. The van der Waals surface area contributed by atoms with Gasteiger partial charge < -0.3 is 9.47 Å². The van der Waals surface area contributed by atoms with Crippen molar-refractivity contribution in [2.45, 2.75) is 58.1 Å². The lowest BCUT2D eigenvalue weighted by molar-refractivity contribution is -0.155. The molecule has 20 heavy (non-hydrogen) atoms. The highest BCUT2D eigenvalue weighted by molar-refractivity contribution is 5.86. The van der Waals surface area contributed by atoms with E-state index < -0.39 is 23.2 Å². The molecule has 0 spiro atoms. The molecule has 112 valence electrons. The number of hydrogen-bond donors (Lipinski definition) is 0. The summed E-state index contributed by atoms with van der Waals surface area (Å²) in [6.07, 6.45) is 0.907. The average Bonchev–Trinajstić information content (AvgIpc) is 2.70. The Balaban J connectivity index is 2.74. The van der Waals surface area contributed by atoms with Crippen LogP contribution >= 0.6 is 0 Å². The zero-order chi connectivity index (χ0) is 15.4. The molecule has 1 aliphatic rings. The monoisotopic (exact) mass is 282 g/mol. The first kappa shape index (κ1) is 16.3. The number of rotatable bonds is 3. The lowest BCUT2D eigenvalue weighted by Crippen LogP contribution is -2.52. The first-order chi connectivity index (χ1) is 9.20. The summed E-state index contributed by atoms with van der Waals surface area (Å²) < 4.78 is 10.4. The van der Waals surface area contributed by atoms with Gasteiger partial charge in [-0.1, -0.05) is 0 Å². The Kier molecular flexibility index (Phi) is 4.98. The molecule has 0 aromatic heterocycles. The van der Waals surface area contributed by atoms with E-state index in [4.69, 9.17) is 14.7 Å². The normalized spacial score (nSPS) is 22.2. The van der Waals surface area contributed by atoms with Gasteiger partial charge in [0.15, 0.2) is 0 Å². The molecular formula is C14H22N2O4. The summed E-state index contributed by atoms with van der Waals surface area (Å²) in [6, 6.07) is 1.91. The van der Waals surface area contributed by atoms with E-state index in [9.17, 15) is 9.59 Å². The van der Waals surface area contributed by atoms with Crippen LogP contribution in [0, 0.1) is 11.3 Å². The number of carbonyl (C=O) groups is 2. The van der Waals surface area contributed by atoms with Gasteiger partial charge in [-0.2, -0.15) is 5.26 Å². The number of amides is 1. The largest absolute Gasteiger partial charge is 0.463 e. The number of hydrogen-bond acceptors (Lipinski definition) is 5. The maximum absolute atomic E-state index is 12.2. The smallest absolute Gasteiger partial charge is 0.411 e. The van der Waals surface area contributed by atoms with E-state index in [2.05, 4.69) is 0 Å². The molecule has 6 heteroatoms. The molecule has 1 amide bonds. The molecule has 1 atom stereocenters. The van der Waals surface area contributed by atoms with Gasteiger partial charge in [0.1, 0.15) is 17.7 Å². The summed E-state index contributed by atoms with van der Waals surface area (Å²) >= 11 is 0. The second-order valence-electron chi connectivity index (χ2n) is 6.05. The molecule has 0 radical (unpaired) electrons. The lowest BCUT2D eigenvalue weighted by atomic mass is 9.99. The van der Waals surface area contributed by atoms with Crippen LogP contribution in [0.4, 0.5) is 4.79 Å². The summed E-state index contributed by atoms with van der Waals surface area (Å²) in [5.41, 5.74) is -1.61. The molecular weight excluding hydrogens is 260 g/mol. The molecule has 1 saturated heterocycles. The third-order valence-electron chi connectivity index (χ3n) is 3.14. The van der Waals surface area contributed by atoms with Crippen LogP contribution in [0.1, 0.15) is 47.0 Å². The van der Waals surface area contributed by atoms with Gasteiger partial charge in [-0.05, 0) is 40.5 Å². The fourth-order valence-corrected chi connectivity index (χ4v) is 2.13. The van der Waals surface area contributed by atoms with Gasteiger partial charge in [0.2, 0.25) is 0 Å². The van der Waals surface area contributed by atoms with Gasteiger partial charge in [0.25, 0.3) is 0 Å². The van der Waals surface area contributed by atoms with Crippen molar-refractivity contribution in [3.05, 3.63) is 0 Å². The molecule has 1 fully saturated rings. The summed E-state index contributed by atoms with van der Waals surface area (Å²) in [5.74, 6) is -0.476. The van der Waals surface area contributed by atoms with E-state index in [0.29, 0.717) is 13.0 Å². The van der Waals surface area contributed by atoms with Crippen LogP contribution in [0.5, 0.6) is 0 Å². The molecule has 0 aliphatic carbocycles. The summed E-state index contributed by atoms with van der Waals surface area (Å²) in [4.78, 5) is 25.7. The van der Waals surface area contributed by atoms with Gasteiger partial charge in [-0.25, -0.2) is 9.59 Å². The Morgan fingerprint density at radius 1 is 1.40 bits per heavy atom. The molecule has 0 aromatic rings. The highest BCUT2D eigenvalue weighted by atomic mass is 16.6. The van der Waals surface area contributed by atoms with Crippen molar-refractivity contribution >= 4 is 12.1 Å². The van der Waals surface area contributed by atoms with Gasteiger partial charge >= 0.3 is 12.1 Å². The van der Waals surface area contributed by atoms with Crippen LogP contribution in [0.3, 0.4) is 0 Å². The van der Waals surface area contributed by atoms with E-state index in [1.165, 1.54) is 4.90 Å². The first-order valence-electron chi connectivity index (χ1n) is 6.75. The fourth-order valence-electron chi connectivity index (χ4n) is 2.13. The van der Waals surface area contributed by atoms with Crippen LogP contribution in [0.25, 0.3) is 0 Å². The first-order valence-corrected chi connectivity index (χ1v) is 6.75. The predicted octanol–water partition coefficient (Wildman–Crippen LogP) is 2.23. The number of likely N-dealkylation sites (tertiary alicyclic amines) is 1. The lowest BCUT2D eigenvalue weighted by Gasteiger charge is -2.34. The molecule has 0 N–H and O–H groups in total. The van der Waals surface area contributed by atoms with Gasteiger partial charge in [0.05, 0.1) is 12.5 Å². The third kappa shape index (κ3) is 3.86. The van der Waals surface area contributed by atoms with Crippen molar-refractivity contribution in [2.75, 3.05) is 13.2 Å². The van der Waals surface area contributed by atoms with Crippen LogP contribution in [-0.4, -0.2) is 41.3 Å². The Hall–Kier alpha value is -1.77. The van der Waals surface area contributed by atoms with E-state index in [-0.39, 0.29) is 13.0 Å². The zero-order valence-corrected chi connectivity index (χ0v) is 12.6. The van der Waals surface area contributed by atoms with Gasteiger partial charge in [-0.15, -0.1) is 0 Å². The average molecular weight is 282 g/mol. The Morgan fingerprint density at radius 3 is 2.60 bits per heavy atom. The topological polar surface area (TPSA) is 79.6 Å². The summed E-state index contributed by atoms with van der Waals surface area (Å²) in [5, 5.41) is 8.45. The van der Waals surface area contributed by atoms with Crippen molar-refractivity contribution in [3.63, 3.8) is 0 Å². The summed E-state index contributed by atoms with van der Waals surface area (Å²) in [7, 11) is 0. The SMILES string of the molecule is CC(C)(C)OC(=O)N1CCCC1(C)C(=O)OCCC#N. The second kappa shape index (κ2) is 6.12. The molecule has 1 unspecified atom stereocenters. The Morgan fingerprint density at radius 2 is 2.05 bits per heavy atom. The van der Waals surface area contributed by atoms with Crippen molar-refractivity contribution in [1.82, 2.24) is 4.90 Å². The van der Waals surface area contributed by atoms with Gasteiger partial charge in [-0.3, -0.25) is 4.90 Å². The standard InChI is InChI=1S/C14H22N2O4/c1-13(2,3)20-12(18)16-9-5-7-14(16,4)11(17)19-10-6-8-15/h5-7,9-10H2,1-4H3. The van der Waals surface area contributed by atoms with Crippen LogP contribution < -0.4 is 0 Å². The minimum atomic E-state index is -1.00. The quantitative estimate of drug-likeness (QED) is 0.586. The maximum atomic E-state index is 12.2. The number of ether oxygens (including phenoxy) is 2. The Labute approximate surface area is 119 Å². The molecule has 0 saturated carbocycles. The minimum Gasteiger partial charge on any atom is -0.463 e. The van der Waals surface area contributed by atoms with Gasteiger partial charge in [0, 0.05) is 6.54 Å². The van der Waals surface area contributed by atoms with E-state index >= 15 is 0 Å². The van der Waals surface area contributed by atoms with Crippen molar-refractivity contribution in [1.29, 1.82) is 5.26 Å². The minimum absolute atomic E-state index is 0.0487. The number of carbonyl (C=O) groups excluding carboxylic acids is 2. The second-order valence-corrected chi connectivity index (χ2v) is 6.05. The van der Waals surface area contributed by atoms with Crippen LogP contribution in [0.2, 0.25) is 0 Å². The zero-order valence-electron chi connectivity index (χ0n) is 12.6. The number of esters is 1. The molecule has 1 heterocycles. The number of nitrogens with zero attached hydrogens (tertiary/aromatic N) is 2. The highest BCUT2D eigenvalue weighted by Gasteiger charge is 2.48. The van der Waals surface area contributed by atoms with Crippen molar-refractivity contribution in [2.24, 2.45) is 0 Å². The summed E-state index contributed by atoms with van der Waals surface area (Å²) in [6.45, 7) is 7.54. The Bertz CT molecular complexity index is 422. The molecule has 6 nitrogen and oxygen atoms in total. The van der Waals surface area contributed by atoms with Crippen LogP contribution in [0.15, 0.2) is 0 Å².